The Hall–Kier alpha value is -2.83. The van der Waals surface area contributed by atoms with Crippen LogP contribution in [0.4, 0.5) is 8.78 Å². The summed E-state index contributed by atoms with van der Waals surface area (Å²) in [5, 5.41) is 4.07. The van der Waals surface area contributed by atoms with Crippen molar-refractivity contribution in [2.24, 2.45) is 0 Å². The van der Waals surface area contributed by atoms with Crippen molar-refractivity contribution >= 4 is 11.6 Å². The molecule has 0 spiro atoms. The molecule has 0 unspecified atom stereocenters. The van der Waals surface area contributed by atoms with Gasteiger partial charge in [0.05, 0.1) is 11.9 Å². The molecule has 0 saturated carbocycles. The molecule has 28 heavy (non-hydrogen) atoms. The van der Waals surface area contributed by atoms with Crippen LogP contribution in [0.25, 0.3) is 16.9 Å². The minimum Gasteiger partial charge on any atom is -0.336 e. The molecule has 4 rings (SSSR count). The predicted molar refractivity (Wildman–Crippen MR) is 102 cm³/mol. The lowest BCUT2D eigenvalue weighted by Gasteiger charge is -2.35. The third-order valence-electron chi connectivity index (χ3n) is 5.38. The molecule has 7 heteroatoms. The summed E-state index contributed by atoms with van der Waals surface area (Å²) >= 11 is 0. The van der Waals surface area contributed by atoms with Crippen LogP contribution in [0.1, 0.15) is 55.1 Å². The standard InChI is InChI=1S/C21H22F2N4O/c1-2-15-10-6-7-11-26(15)21(28)16-13-24-27-18(19(22)23)12-17(25-20(16)27)14-8-4-3-5-9-14/h3-5,8-9,12-13,15,19H,2,6-7,10-11H2,1H3/t15-/m0/s1. The second kappa shape index (κ2) is 7.66. The number of carbonyl (C=O) groups is 1. The van der Waals surface area contributed by atoms with Gasteiger partial charge in [-0.2, -0.15) is 5.10 Å². The van der Waals surface area contributed by atoms with E-state index in [-0.39, 0.29) is 28.9 Å². The van der Waals surface area contributed by atoms with E-state index in [1.165, 1.54) is 12.3 Å². The molecule has 1 fully saturated rings. The normalized spacial score (nSPS) is 17.4. The molecule has 0 bridgehead atoms. The van der Waals surface area contributed by atoms with Crippen LogP contribution in [0, 0.1) is 0 Å². The summed E-state index contributed by atoms with van der Waals surface area (Å²) in [6, 6.07) is 10.6. The monoisotopic (exact) mass is 384 g/mol. The molecule has 1 amide bonds. The number of aromatic nitrogens is 3. The predicted octanol–water partition coefficient (Wildman–Crippen LogP) is 4.74. The summed E-state index contributed by atoms with van der Waals surface area (Å²) in [6.45, 7) is 2.74. The molecule has 3 heterocycles. The highest BCUT2D eigenvalue weighted by molar-refractivity contribution is 6.00. The number of alkyl halides is 2. The van der Waals surface area contributed by atoms with E-state index in [0.29, 0.717) is 12.2 Å². The second-order valence-corrected chi connectivity index (χ2v) is 7.08. The van der Waals surface area contributed by atoms with Gasteiger partial charge in [-0.05, 0) is 31.7 Å². The highest BCUT2D eigenvalue weighted by atomic mass is 19.3. The lowest BCUT2D eigenvalue weighted by molar-refractivity contribution is 0.0609. The van der Waals surface area contributed by atoms with Crippen molar-refractivity contribution in [3.8, 4) is 11.3 Å². The minimum atomic E-state index is -2.73. The Morgan fingerprint density at radius 1 is 1.25 bits per heavy atom. The first-order valence-corrected chi connectivity index (χ1v) is 9.63. The van der Waals surface area contributed by atoms with E-state index in [9.17, 15) is 13.6 Å². The summed E-state index contributed by atoms with van der Waals surface area (Å²) in [4.78, 5) is 19.6. The van der Waals surface area contributed by atoms with Gasteiger partial charge >= 0.3 is 0 Å². The summed E-state index contributed by atoms with van der Waals surface area (Å²) in [6.07, 6.45) is 2.53. The van der Waals surface area contributed by atoms with Crippen molar-refractivity contribution in [1.29, 1.82) is 0 Å². The van der Waals surface area contributed by atoms with Crippen LogP contribution >= 0.6 is 0 Å². The molecule has 2 aromatic heterocycles. The van der Waals surface area contributed by atoms with Crippen LogP contribution in [-0.2, 0) is 0 Å². The number of piperidine rings is 1. The van der Waals surface area contributed by atoms with Gasteiger partial charge in [0.1, 0.15) is 11.3 Å². The van der Waals surface area contributed by atoms with E-state index in [1.807, 2.05) is 35.2 Å². The molecule has 1 saturated heterocycles. The zero-order chi connectivity index (χ0) is 19.7. The van der Waals surface area contributed by atoms with E-state index in [4.69, 9.17) is 0 Å². The van der Waals surface area contributed by atoms with E-state index >= 15 is 0 Å². The smallest absolute Gasteiger partial charge is 0.280 e. The van der Waals surface area contributed by atoms with Gasteiger partial charge in [-0.3, -0.25) is 4.79 Å². The van der Waals surface area contributed by atoms with Crippen molar-refractivity contribution in [1.82, 2.24) is 19.5 Å². The zero-order valence-corrected chi connectivity index (χ0v) is 15.7. The topological polar surface area (TPSA) is 50.5 Å². The van der Waals surface area contributed by atoms with Crippen LogP contribution in [0.5, 0.6) is 0 Å². The van der Waals surface area contributed by atoms with Gasteiger partial charge in [-0.1, -0.05) is 37.3 Å². The number of nitrogens with zero attached hydrogens (tertiary/aromatic N) is 4. The molecule has 5 nitrogen and oxygen atoms in total. The van der Waals surface area contributed by atoms with E-state index in [2.05, 4.69) is 17.0 Å². The Morgan fingerprint density at radius 3 is 2.75 bits per heavy atom. The molecule has 146 valence electrons. The highest BCUT2D eigenvalue weighted by Crippen LogP contribution is 2.28. The number of hydrogen-bond donors (Lipinski definition) is 0. The van der Waals surface area contributed by atoms with Gasteiger partial charge in [-0.25, -0.2) is 18.3 Å². The fraction of sp³-hybridized carbons (Fsp3) is 0.381. The number of carbonyl (C=O) groups excluding carboxylic acids is 1. The van der Waals surface area contributed by atoms with E-state index < -0.39 is 6.43 Å². The highest BCUT2D eigenvalue weighted by Gasteiger charge is 2.29. The maximum atomic E-state index is 13.7. The third kappa shape index (κ3) is 3.25. The maximum Gasteiger partial charge on any atom is 0.280 e. The van der Waals surface area contributed by atoms with Crippen molar-refractivity contribution < 1.29 is 13.6 Å². The molecule has 3 aromatic rings. The first-order valence-electron chi connectivity index (χ1n) is 9.63. The molecule has 0 N–H and O–H groups in total. The van der Waals surface area contributed by atoms with Gasteiger partial charge in [0.15, 0.2) is 5.65 Å². The largest absolute Gasteiger partial charge is 0.336 e. The average Bonchev–Trinajstić information content (AvgIpc) is 3.17. The van der Waals surface area contributed by atoms with Gasteiger partial charge in [0.25, 0.3) is 12.3 Å². The lowest BCUT2D eigenvalue weighted by Crippen LogP contribution is -2.43. The quantitative estimate of drug-likeness (QED) is 0.653. The Morgan fingerprint density at radius 2 is 2.04 bits per heavy atom. The SMILES string of the molecule is CC[C@H]1CCCCN1C(=O)c1cnn2c(C(F)F)cc(-c3ccccc3)nc12. The van der Waals surface area contributed by atoms with Crippen molar-refractivity contribution in [3.63, 3.8) is 0 Å². The Bertz CT molecular complexity index is 987. The summed E-state index contributed by atoms with van der Waals surface area (Å²) in [5.41, 5.74) is 1.32. The van der Waals surface area contributed by atoms with Crippen molar-refractivity contribution in [2.45, 2.75) is 45.1 Å². The van der Waals surface area contributed by atoms with Crippen LogP contribution in [-0.4, -0.2) is 38.0 Å². The molecular formula is C21H22F2N4O. The molecule has 1 aliphatic rings. The molecule has 1 aliphatic heterocycles. The number of halogens is 2. The molecule has 0 aliphatic carbocycles. The van der Waals surface area contributed by atoms with Gasteiger partial charge in [0, 0.05) is 18.2 Å². The number of amides is 1. The first kappa shape index (κ1) is 18.5. The Kier molecular flexibility index (Phi) is 5.07. The number of likely N-dealkylation sites (tertiary alicyclic amines) is 1. The number of hydrogen-bond acceptors (Lipinski definition) is 3. The van der Waals surface area contributed by atoms with Gasteiger partial charge in [0.2, 0.25) is 0 Å². The average molecular weight is 384 g/mol. The second-order valence-electron chi connectivity index (χ2n) is 7.08. The summed E-state index contributed by atoms with van der Waals surface area (Å²) < 4.78 is 28.5. The third-order valence-corrected chi connectivity index (χ3v) is 5.38. The van der Waals surface area contributed by atoms with Crippen LogP contribution in [0.15, 0.2) is 42.6 Å². The van der Waals surface area contributed by atoms with E-state index in [1.54, 1.807) is 0 Å². The Labute approximate surface area is 162 Å². The van der Waals surface area contributed by atoms with Crippen LogP contribution in [0.3, 0.4) is 0 Å². The van der Waals surface area contributed by atoms with Crippen LogP contribution < -0.4 is 0 Å². The molecular weight excluding hydrogens is 362 g/mol. The summed E-state index contributed by atoms with van der Waals surface area (Å²) in [5.74, 6) is -0.181. The van der Waals surface area contributed by atoms with Crippen molar-refractivity contribution in [2.75, 3.05) is 6.54 Å². The number of rotatable bonds is 4. The molecule has 1 aromatic carbocycles. The molecule has 0 radical (unpaired) electrons. The fourth-order valence-corrected chi connectivity index (χ4v) is 3.90. The first-order chi connectivity index (χ1) is 13.6. The van der Waals surface area contributed by atoms with Crippen LogP contribution in [0.2, 0.25) is 0 Å². The Balaban J connectivity index is 1.83. The maximum absolute atomic E-state index is 13.7. The number of fused-ring (bicyclic) bond motifs is 1. The van der Waals surface area contributed by atoms with Gasteiger partial charge < -0.3 is 4.90 Å². The van der Waals surface area contributed by atoms with Gasteiger partial charge in [-0.15, -0.1) is 0 Å². The molecule has 1 atom stereocenters. The summed E-state index contributed by atoms with van der Waals surface area (Å²) in [7, 11) is 0. The zero-order valence-electron chi connectivity index (χ0n) is 15.7. The fourth-order valence-electron chi connectivity index (χ4n) is 3.90. The number of benzene rings is 1. The minimum absolute atomic E-state index is 0.170. The van der Waals surface area contributed by atoms with E-state index in [0.717, 1.165) is 35.8 Å². The van der Waals surface area contributed by atoms with Crippen molar-refractivity contribution in [3.05, 3.63) is 53.9 Å². The lowest BCUT2D eigenvalue weighted by atomic mass is 9.99.